The summed E-state index contributed by atoms with van der Waals surface area (Å²) < 4.78 is 7.84. The van der Waals surface area contributed by atoms with E-state index in [1.165, 1.54) is 11.8 Å². The second-order valence-electron chi connectivity index (χ2n) is 3.21. The fraction of sp³-hybridized carbons (Fsp3) is 0.600. The lowest BCUT2D eigenvalue weighted by molar-refractivity contribution is 0.0670. The lowest BCUT2D eigenvalue weighted by Gasteiger charge is -2.08. The summed E-state index contributed by atoms with van der Waals surface area (Å²) >= 11 is 4.75. The van der Waals surface area contributed by atoms with E-state index in [1.807, 2.05) is 6.26 Å². The van der Waals surface area contributed by atoms with Crippen molar-refractivity contribution in [3.8, 4) is 0 Å². The van der Waals surface area contributed by atoms with Gasteiger partial charge in [0, 0.05) is 6.61 Å². The highest BCUT2D eigenvalue weighted by atomic mass is 79.9. The molecule has 1 rings (SSSR count). The molecule has 1 aromatic heterocycles. The molecule has 1 heterocycles. The third-order valence-electron chi connectivity index (χ3n) is 2.08. The van der Waals surface area contributed by atoms with Crippen molar-refractivity contribution in [1.29, 1.82) is 0 Å². The van der Waals surface area contributed by atoms with E-state index < -0.39 is 0 Å². The first kappa shape index (κ1) is 13.7. The van der Waals surface area contributed by atoms with Crippen molar-refractivity contribution in [3.63, 3.8) is 0 Å². The summed E-state index contributed by atoms with van der Waals surface area (Å²) in [6, 6.07) is 0. The molecule has 0 atom stereocenters. The van der Waals surface area contributed by atoms with Crippen molar-refractivity contribution in [3.05, 3.63) is 10.3 Å². The zero-order valence-corrected chi connectivity index (χ0v) is 11.8. The monoisotopic (exact) mass is 306 g/mol. The Morgan fingerprint density at radius 2 is 2.38 bits per heavy atom. The maximum atomic E-state index is 10.9. The Kier molecular flexibility index (Phi) is 6.08. The largest absolute Gasteiger partial charge is 0.361 e. The van der Waals surface area contributed by atoms with Gasteiger partial charge in [0.2, 0.25) is 0 Å². The van der Waals surface area contributed by atoms with Gasteiger partial charge in [0.1, 0.15) is 17.0 Å². The lowest BCUT2D eigenvalue weighted by Crippen LogP contribution is -2.08. The Labute approximate surface area is 108 Å². The lowest BCUT2D eigenvalue weighted by atomic mass is 10.4. The number of aldehydes is 1. The van der Waals surface area contributed by atoms with E-state index in [2.05, 4.69) is 27.8 Å². The van der Waals surface area contributed by atoms with Crippen LogP contribution in [0, 0.1) is 0 Å². The van der Waals surface area contributed by atoms with E-state index in [0.29, 0.717) is 23.6 Å². The summed E-state index contributed by atoms with van der Waals surface area (Å²) in [5.74, 6) is 0. The van der Waals surface area contributed by atoms with E-state index in [9.17, 15) is 4.79 Å². The minimum absolute atomic E-state index is 0.378. The average Bonchev–Trinajstić information content (AvgIpc) is 2.60. The van der Waals surface area contributed by atoms with Crippen LogP contribution in [0.3, 0.4) is 0 Å². The van der Waals surface area contributed by atoms with Crippen LogP contribution in [0.4, 0.5) is 0 Å². The molecule has 0 aliphatic rings. The normalized spacial score (nSPS) is 10.7. The van der Waals surface area contributed by atoms with Crippen LogP contribution in [0.5, 0.6) is 0 Å². The molecule has 0 spiro atoms. The highest BCUT2D eigenvalue weighted by Gasteiger charge is 2.13. The third-order valence-corrected chi connectivity index (χ3v) is 3.34. The van der Waals surface area contributed by atoms with Crippen LogP contribution in [0.25, 0.3) is 0 Å². The quantitative estimate of drug-likeness (QED) is 0.441. The van der Waals surface area contributed by atoms with Gasteiger partial charge in [-0.3, -0.25) is 9.36 Å². The highest BCUT2D eigenvalue weighted by molar-refractivity contribution is 9.10. The van der Waals surface area contributed by atoms with Crippen molar-refractivity contribution in [1.82, 2.24) is 9.55 Å². The molecule has 0 radical (unpaired) electrons. The summed E-state index contributed by atoms with van der Waals surface area (Å²) in [6.07, 6.45) is 4.84. The van der Waals surface area contributed by atoms with Gasteiger partial charge >= 0.3 is 0 Å². The predicted octanol–water partition coefficient (Wildman–Crippen LogP) is 2.95. The Bertz CT molecular complexity index is 355. The van der Waals surface area contributed by atoms with Crippen LogP contribution < -0.4 is 0 Å². The summed E-state index contributed by atoms with van der Waals surface area (Å²) in [6.45, 7) is 3.20. The molecule has 0 unspecified atom stereocenters. The Morgan fingerprint density at radius 3 is 2.94 bits per heavy atom. The molecule has 0 bridgehead atoms. The maximum Gasteiger partial charge on any atom is 0.171 e. The smallest absolute Gasteiger partial charge is 0.171 e. The molecule has 0 amide bonds. The van der Waals surface area contributed by atoms with Crippen molar-refractivity contribution in [2.24, 2.45) is 0 Å². The molecule has 90 valence electrons. The SMILES string of the molecule is CCCCOCn1c(SC)nc(Br)c1C=O. The topological polar surface area (TPSA) is 44.1 Å². The van der Waals surface area contributed by atoms with Gasteiger partial charge in [0.05, 0.1) is 0 Å². The maximum absolute atomic E-state index is 10.9. The number of aromatic nitrogens is 2. The Morgan fingerprint density at radius 1 is 1.62 bits per heavy atom. The zero-order chi connectivity index (χ0) is 12.0. The van der Waals surface area contributed by atoms with E-state index >= 15 is 0 Å². The zero-order valence-electron chi connectivity index (χ0n) is 9.40. The fourth-order valence-electron chi connectivity index (χ4n) is 1.21. The number of imidazole rings is 1. The first-order valence-electron chi connectivity index (χ1n) is 5.07. The third kappa shape index (κ3) is 3.33. The van der Waals surface area contributed by atoms with Crippen molar-refractivity contribution in [2.45, 2.75) is 31.7 Å². The van der Waals surface area contributed by atoms with Crippen molar-refractivity contribution in [2.75, 3.05) is 12.9 Å². The molecule has 0 N–H and O–H groups in total. The number of hydrogen-bond acceptors (Lipinski definition) is 4. The van der Waals surface area contributed by atoms with E-state index in [-0.39, 0.29) is 0 Å². The van der Waals surface area contributed by atoms with Crippen LogP contribution >= 0.6 is 27.7 Å². The van der Waals surface area contributed by atoms with E-state index in [0.717, 1.165) is 24.3 Å². The van der Waals surface area contributed by atoms with Crippen molar-refractivity contribution < 1.29 is 9.53 Å². The van der Waals surface area contributed by atoms with Gasteiger partial charge in [0.15, 0.2) is 11.4 Å². The molecule has 1 aromatic rings. The number of carbonyl (C=O) groups is 1. The van der Waals surface area contributed by atoms with Crippen LogP contribution in [0.15, 0.2) is 9.76 Å². The Balaban J connectivity index is 2.72. The molecular weight excluding hydrogens is 292 g/mol. The molecule has 6 heteroatoms. The first-order chi connectivity index (χ1) is 7.74. The molecule has 0 aromatic carbocycles. The summed E-state index contributed by atoms with van der Waals surface area (Å²) in [7, 11) is 0. The fourth-order valence-corrected chi connectivity index (χ4v) is 2.36. The molecule has 0 fully saturated rings. The van der Waals surface area contributed by atoms with Crippen LogP contribution in [0.2, 0.25) is 0 Å². The second kappa shape index (κ2) is 7.09. The van der Waals surface area contributed by atoms with E-state index in [4.69, 9.17) is 4.74 Å². The van der Waals surface area contributed by atoms with Gasteiger partial charge in [-0.15, -0.1) is 0 Å². The van der Waals surface area contributed by atoms with Crippen LogP contribution in [0.1, 0.15) is 30.3 Å². The summed E-state index contributed by atoms with van der Waals surface area (Å²) in [4.78, 5) is 15.1. The van der Waals surface area contributed by atoms with Crippen LogP contribution in [-0.2, 0) is 11.5 Å². The Hall–Kier alpha value is -0.330. The number of nitrogens with zero attached hydrogens (tertiary/aromatic N) is 2. The van der Waals surface area contributed by atoms with E-state index in [1.54, 1.807) is 4.57 Å². The predicted molar refractivity (Wildman–Crippen MR) is 68.0 cm³/mol. The number of thioether (sulfide) groups is 1. The summed E-state index contributed by atoms with van der Waals surface area (Å²) in [5.41, 5.74) is 0.529. The number of carbonyl (C=O) groups excluding carboxylic acids is 1. The van der Waals surface area contributed by atoms with Crippen LogP contribution in [-0.4, -0.2) is 28.7 Å². The first-order valence-corrected chi connectivity index (χ1v) is 7.09. The molecule has 0 saturated carbocycles. The minimum Gasteiger partial charge on any atom is -0.361 e. The summed E-state index contributed by atoms with van der Waals surface area (Å²) in [5, 5.41) is 0.783. The number of hydrogen-bond donors (Lipinski definition) is 0. The number of unbranched alkanes of at least 4 members (excludes halogenated alkanes) is 1. The minimum atomic E-state index is 0.378. The number of rotatable bonds is 7. The number of ether oxygens (including phenoxy) is 1. The van der Waals surface area contributed by atoms with Crippen molar-refractivity contribution >= 4 is 34.0 Å². The second-order valence-corrected chi connectivity index (χ2v) is 4.74. The van der Waals surface area contributed by atoms with Gasteiger partial charge in [-0.25, -0.2) is 4.98 Å². The molecular formula is C10H15BrN2O2S. The van der Waals surface area contributed by atoms with Gasteiger partial charge in [0.25, 0.3) is 0 Å². The average molecular weight is 307 g/mol. The molecule has 0 saturated heterocycles. The standard InChI is InChI=1S/C10H15BrN2O2S/c1-3-4-5-15-7-13-8(6-14)9(11)12-10(13)16-2/h6H,3-5,7H2,1-2H3. The molecule has 4 nitrogen and oxygen atoms in total. The molecule has 0 aliphatic carbocycles. The van der Waals surface area contributed by atoms with Gasteiger partial charge in [-0.1, -0.05) is 25.1 Å². The van der Waals surface area contributed by atoms with Gasteiger partial charge < -0.3 is 4.74 Å². The molecule has 16 heavy (non-hydrogen) atoms. The van der Waals surface area contributed by atoms with Gasteiger partial charge in [-0.2, -0.15) is 0 Å². The molecule has 0 aliphatic heterocycles. The number of halogens is 1. The highest BCUT2D eigenvalue weighted by Crippen LogP contribution is 2.22. The van der Waals surface area contributed by atoms with Gasteiger partial charge in [-0.05, 0) is 28.6 Å².